The number of carbonyl (C=O) groups excluding carboxylic acids is 1. The number of hydrogen-bond donors (Lipinski definition) is 1. The summed E-state index contributed by atoms with van der Waals surface area (Å²) in [5.74, 6) is -0.567. The van der Waals surface area contributed by atoms with Crippen molar-refractivity contribution in [2.45, 2.75) is 13.3 Å². The standard InChI is InChI=1S/C7H8S.C4H8O3/c1-2-4-7-5-3-6-8-7;1-2-7-4(6)3-5/h2-3,5-6H,1,4H2;5H,2-3H2,1H3. The average Bonchev–Trinajstić information content (AvgIpc) is 2.72. The maximum absolute atomic E-state index is 9.94. The molecule has 1 heterocycles. The monoisotopic (exact) mass is 228 g/mol. The molecule has 4 heteroatoms. The van der Waals surface area contributed by atoms with E-state index in [4.69, 9.17) is 5.11 Å². The smallest absolute Gasteiger partial charge is 0.331 e. The van der Waals surface area contributed by atoms with E-state index in [9.17, 15) is 4.79 Å². The topological polar surface area (TPSA) is 46.5 Å². The maximum atomic E-state index is 9.94. The normalized spacial score (nSPS) is 8.67. The highest BCUT2D eigenvalue weighted by Crippen LogP contribution is 2.08. The van der Waals surface area contributed by atoms with E-state index in [0.717, 1.165) is 6.42 Å². The van der Waals surface area contributed by atoms with Gasteiger partial charge >= 0.3 is 5.97 Å². The van der Waals surface area contributed by atoms with Gasteiger partial charge in [-0.25, -0.2) is 4.79 Å². The van der Waals surface area contributed by atoms with Crippen molar-refractivity contribution in [2.24, 2.45) is 0 Å². The van der Waals surface area contributed by atoms with Crippen LogP contribution in [0.1, 0.15) is 11.8 Å². The van der Waals surface area contributed by atoms with Gasteiger partial charge in [0.2, 0.25) is 0 Å². The lowest BCUT2D eigenvalue weighted by molar-refractivity contribution is -0.146. The summed E-state index contributed by atoms with van der Waals surface area (Å²) in [5, 5.41) is 10.1. The van der Waals surface area contributed by atoms with Gasteiger partial charge in [0.25, 0.3) is 0 Å². The van der Waals surface area contributed by atoms with Crippen LogP contribution in [0.25, 0.3) is 0 Å². The third-order valence-electron chi connectivity index (χ3n) is 1.36. The minimum absolute atomic E-state index is 0.333. The van der Waals surface area contributed by atoms with Crippen molar-refractivity contribution in [3.63, 3.8) is 0 Å². The predicted octanol–water partition coefficient (Wildman–Crippen LogP) is 2.02. The van der Waals surface area contributed by atoms with Crippen molar-refractivity contribution in [3.05, 3.63) is 35.0 Å². The molecule has 0 fully saturated rings. The predicted molar refractivity (Wildman–Crippen MR) is 61.9 cm³/mol. The Bertz CT molecular complexity index is 267. The highest BCUT2D eigenvalue weighted by atomic mass is 32.1. The lowest BCUT2D eigenvalue weighted by Crippen LogP contribution is -2.07. The SMILES string of the molecule is C=CCc1cccs1.CCOC(=O)CO. The number of hydrogen-bond acceptors (Lipinski definition) is 4. The fraction of sp³-hybridized carbons (Fsp3) is 0.364. The van der Waals surface area contributed by atoms with E-state index in [0.29, 0.717) is 6.61 Å². The number of thiophene rings is 1. The Labute approximate surface area is 94.0 Å². The number of allylic oxidation sites excluding steroid dienone is 1. The fourth-order valence-electron chi connectivity index (χ4n) is 0.778. The molecule has 3 nitrogen and oxygen atoms in total. The van der Waals surface area contributed by atoms with E-state index < -0.39 is 12.6 Å². The van der Waals surface area contributed by atoms with Gasteiger partial charge in [0, 0.05) is 4.88 Å². The van der Waals surface area contributed by atoms with Crippen molar-refractivity contribution >= 4 is 17.3 Å². The van der Waals surface area contributed by atoms with E-state index in [-0.39, 0.29) is 0 Å². The fourth-order valence-corrected chi connectivity index (χ4v) is 1.48. The van der Waals surface area contributed by atoms with Gasteiger partial charge < -0.3 is 9.84 Å². The summed E-state index contributed by atoms with van der Waals surface area (Å²) in [4.78, 5) is 11.3. The Kier molecular flexibility index (Phi) is 8.72. The Hall–Kier alpha value is -1.13. The van der Waals surface area contributed by atoms with Crippen LogP contribution in [0.3, 0.4) is 0 Å². The molecule has 84 valence electrons. The molecule has 1 aromatic rings. The molecular weight excluding hydrogens is 212 g/mol. The van der Waals surface area contributed by atoms with Crippen molar-refractivity contribution in [2.75, 3.05) is 13.2 Å². The summed E-state index contributed by atoms with van der Waals surface area (Å²) in [6.07, 6.45) is 2.93. The molecule has 1 rings (SSSR count). The Morgan fingerprint density at radius 1 is 1.73 bits per heavy atom. The third kappa shape index (κ3) is 7.90. The molecule has 0 saturated carbocycles. The second kappa shape index (κ2) is 9.43. The van der Waals surface area contributed by atoms with Gasteiger partial charge in [-0.15, -0.1) is 17.9 Å². The van der Waals surface area contributed by atoms with Crippen LogP contribution in [0.5, 0.6) is 0 Å². The Balaban J connectivity index is 0.000000265. The molecule has 1 aromatic heterocycles. The van der Waals surface area contributed by atoms with Gasteiger partial charge in [-0.1, -0.05) is 12.1 Å². The highest BCUT2D eigenvalue weighted by Gasteiger charge is 1.92. The lowest BCUT2D eigenvalue weighted by Gasteiger charge is -1.93. The molecule has 0 spiro atoms. The van der Waals surface area contributed by atoms with Crippen LogP contribution in [0.15, 0.2) is 30.2 Å². The van der Waals surface area contributed by atoms with E-state index >= 15 is 0 Å². The molecule has 0 aliphatic heterocycles. The second-order valence-electron chi connectivity index (χ2n) is 2.54. The van der Waals surface area contributed by atoms with Crippen molar-refractivity contribution in [1.82, 2.24) is 0 Å². The van der Waals surface area contributed by atoms with Gasteiger partial charge in [-0.3, -0.25) is 0 Å². The summed E-state index contributed by atoms with van der Waals surface area (Å²) in [6, 6.07) is 4.18. The molecule has 1 N–H and O–H groups in total. The lowest BCUT2D eigenvalue weighted by atomic mass is 10.3. The summed E-state index contributed by atoms with van der Waals surface area (Å²) < 4.78 is 4.30. The van der Waals surface area contributed by atoms with Crippen LogP contribution in [0.4, 0.5) is 0 Å². The van der Waals surface area contributed by atoms with Crippen LogP contribution in [0.2, 0.25) is 0 Å². The number of esters is 1. The largest absolute Gasteiger partial charge is 0.464 e. The molecule has 0 unspecified atom stereocenters. The highest BCUT2D eigenvalue weighted by molar-refractivity contribution is 7.09. The number of rotatable bonds is 4. The van der Waals surface area contributed by atoms with E-state index in [1.54, 1.807) is 18.3 Å². The zero-order chi connectivity index (χ0) is 11.5. The molecule has 0 bridgehead atoms. The zero-order valence-corrected chi connectivity index (χ0v) is 9.63. The Morgan fingerprint density at radius 2 is 2.47 bits per heavy atom. The molecule has 15 heavy (non-hydrogen) atoms. The summed E-state index contributed by atoms with van der Waals surface area (Å²) >= 11 is 1.78. The molecule has 0 amide bonds. The van der Waals surface area contributed by atoms with Crippen molar-refractivity contribution in [1.29, 1.82) is 0 Å². The molecule has 0 aromatic carbocycles. The first-order valence-electron chi connectivity index (χ1n) is 4.64. The number of carbonyl (C=O) groups is 1. The summed E-state index contributed by atoms with van der Waals surface area (Å²) in [5.41, 5.74) is 0. The van der Waals surface area contributed by atoms with Gasteiger partial charge in [0.1, 0.15) is 6.61 Å². The number of aliphatic hydroxyl groups is 1. The van der Waals surface area contributed by atoms with Crippen molar-refractivity contribution < 1.29 is 14.6 Å². The summed E-state index contributed by atoms with van der Waals surface area (Å²) in [6.45, 7) is 5.14. The minimum atomic E-state index is -0.567. The van der Waals surface area contributed by atoms with E-state index in [1.165, 1.54) is 4.88 Å². The molecule has 0 aliphatic carbocycles. The Morgan fingerprint density at radius 3 is 2.80 bits per heavy atom. The van der Waals surface area contributed by atoms with Gasteiger partial charge in [-0.05, 0) is 24.8 Å². The van der Waals surface area contributed by atoms with Crippen LogP contribution < -0.4 is 0 Å². The number of ether oxygens (including phenoxy) is 1. The third-order valence-corrected chi connectivity index (χ3v) is 2.26. The zero-order valence-electron chi connectivity index (χ0n) is 8.81. The first-order valence-corrected chi connectivity index (χ1v) is 5.52. The maximum Gasteiger partial charge on any atom is 0.331 e. The molecular formula is C11H16O3S. The van der Waals surface area contributed by atoms with Gasteiger partial charge in [0.15, 0.2) is 0 Å². The van der Waals surface area contributed by atoms with Gasteiger partial charge in [-0.2, -0.15) is 0 Å². The molecule has 0 radical (unpaired) electrons. The molecule has 0 aliphatic rings. The first-order chi connectivity index (χ1) is 7.24. The van der Waals surface area contributed by atoms with E-state index in [2.05, 4.69) is 28.8 Å². The van der Waals surface area contributed by atoms with Gasteiger partial charge in [0.05, 0.1) is 6.61 Å². The number of aliphatic hydroxyl groups excluding tert-OH is 1. The first kappa shape index (κ1) is 13.9. The molecule has 0 atom stereocenters. The van der Waals surface area contributed by atoms with Crippen LogP contribution in [-0.4, -0.2) is 24.3 Å². The van der Waals surface area contributed by atoms with Crippen molar-refractivity contribution in [3.8, 4) is 0 Å². The molecule has 0 saturated heterocycles. The average molecular weight is 228 g/mol. The second-order valence-corrected chi connectivity index (χ2v) is 3.57. The van der Waals surface area contributed by atoms with Crippen LogP contribution >= 0.6 is 11.3 Å². The van der Waals surface area contributed by atoms with E-state index in [1.807, 2.05) is 6.08 Å². The minimum Gasteiger partial charge on any atom is -0.464 e. The van der Waals surface area contributed by atoms with Crippen LogP contribution in [0, 0.1) is 0 Å². The summed E-state index contributed by atoms with van der Waals surface area (Å²) in [7, 11) is 0. The quantitative estimate of drug-likeness (QED) is 0.633. The van der Waals surface area contributed by atoms with Crippen LogP contribution in [-0.2, 0) is 16.0 Å².